The largest absolute Gasteiger partial charge is 0.329 e. The van der Waals surface area contributed by atoms with Gasteiger partial charge in [-0.15, -0.1) is 0 Å². The minimum absolute atomic E-state index is 0.669. The molecule has 0 radical (unpaired) electrons. The van der Waals surface area contributed by atoms with Gasteiger partial charge in [0.25, 0.3) is 0 Å². The minimum Gasteiger partial charge on any atom is -0.329 e. The minimum atomic E-state index is 0.669. The molecule has 0 spiro atoms. The van der Waals surface area contributed by atoms with E-state index in [0.29, 0.717) is 6.54 Å². The number of aliphatic imine (C=N–C) groups is 1. The summed E-state index contributed by atoms with van der Waals surface area (Å²) in [5.41, 5.74) is 3.46. The molecule has 3 aromatic carbocycles. The highest BCUT2D eigenvalue weighted by molar-refractivity contribution is 6.09. The summed E-state index contributed by atoms with van der Waals surface area (Å²) in [6.45, 7) is 0.669. The monoisotopic (exact) mass is 300 g/mol. The van der Waals surface area contributed by atoms with Crippen LogP contribution in [0, 0.1) is 0 Å². The van der Waals surface area contributed by atoms with E-state index >= 15 is 0 Å². The summed E-state index contributed by atoms with van der Waals surface area (Å²) < 4.78 is 0. The summed E-state index contributed by atoms with van der Waals surface area (Å²) in [7, 11) is 2.06. The Bertz CT molecular complexity index is 750. The molecule has 0 saturated heterocycles. The Hall–Kier alpha value is -2.87. The molecule has 0 unspecified atom stereocenters. The van der Waals surface area contributed by atoms with Gasteiger partial charge in [0.05, 0.1) is 6.54 Å². The molecule has 0 fully saturated rings. The van der Waals surface area contributed by atoms with Gasteiger partial charge in [-0.3, -0.25) is 4.99 Å². The van der Waals surface area contributed by atoms with Crippen LogP contribution in [0.1, 0.15) is 11.1 Å². The fourth-order valence-electron chi connectivity index (χ4n) is 2.50. The Balaban J connectivity index is 1.94. The van der Waals surface area contributed by atoms with Crippen LogP contribution < -0.4 is 4.90 Å². The van der Waals surface area contributed by atoms with E-state index in [1.165, 1.54) is 5.56 Å². The molecule has 0 amide bonds. The summed E-state index contributed by atoms with van der Waals surface area (Å²) in [6, 6.07) is 31.0. The smallest absolute Gasteiger partial charge is 0.135 e. The van der Waals surface area contributed by atoms with Crippen molar-refractivity contribution in [1.29, 1.82) is 0 Å². The fraction of sp³-hybridized carbons (Fsp3) is 0.0952. The van der Waals surface area contributed by atoms with E-state index in [9.17, 15) is 0 Å². The van der Waals surface area contributed by atoms with Gasteiger partial charge in [-0.2, -0.15) is 0 Å². The Labute approximate surface area is 137 Å². The van der Waals surface area contributed by atoms with Gasteiger partial charge in [-0.1, -0.05) is 78.9 Å². The molecule has 0 aliphatic carbocycles. The number of rotatable bonds is 4. The van der Waals surface area contributed by atoms with Crippen LogP contribution in [0.25, 0.3) is 0 Å². The average Bonchev–Trinajstić information content (AvgIpc) is 2.64. The Morgan fingerprint density at radius 2 is 1.26 bits per heavy atom. The normalized spacial score (nSPS) is 11.3. The molecule has 0 aliphatic rings. The lowest BCUT2D eigenvalue weighted by Crippen LogP contribution is -2.27. The summed E-state index contributed by atoms with van der Waals surface area (Å²) in [4.78, 5) is 7.02. The van der Waals surface area contributed by atoms with Gasteiger partial charge in [0.2, 0.25) is 0 Å². The van der Waals surface area contributed by atoms with Crippen molar-refractivity contribution in [1.82, 2.24) is 0 Å². The first kappa shape index (κ1) is 15.0. The molecule has 0 aliphatic heterocycles. The maximum atomic E-state index is 4.88. The summed E-state index contributed by atoms with van der Waals surface area (Å²) in [5.74, 6) is 0.973. The molecule has 114 valence electrons. The Morgan fingerprint density at radius 3 is 1.87 bits per heavy atom. The van der Waals surface area contributed by atoms with E-state index in [4.69, 9.17) is 4.99 Å². The highest BCUT2D eigenvalue weighted by atomic mass is 15.2. The molecule has 3 rings (SSSR count). The van der Waals surface area contributed by atoms with Crippen molar-refractivity contribution < 1.29 is 0 Å². The van der Waals surface area contributed by atoms with E-state index in [2.05, 4.69) is 48.3 Å². The Morgan fingerprint density at radius 1 is 0.739 bits per heavy atom. The zero-order chi connectivity index (χ0) is 15.9. The second kappa shape index (κ2) is 7.41. The fourth-order valence-corrected chi connectivity index (χ4v) is 2.50. The first-order valence-corrected chi connectivity index (χ1v) is 7.77. The number of anilines is 1. The maximum absolute atomic E-state index is 4.88. The van der Waals surface area contributed by atoms with Gasteiger partial charge in [-0.05, 0) is 17.7 Å². The van der Waals surface area contributed by atoms with Gasteiger partial charge in [0.15, 0.2) is 0 Å². The molecule has 2 nitrogen and oxygen atoms in total. The molecular formula is C21H20N2. The highest BCUT2D eigenvalue weighted by Gasteiger charge is 2.10. The SMILES string of the molecule is CN(C(=NCc1ccccc1)c1ccccc1)c1ccccc1. The van der Waals surface area contributed by atoms with Gasteiger partial charge in [-0.25, -0.2) is 0 Å². The van der Waals surface area contributed by atoms with Crippen LogP contribution in [-0.2, 0) is 6.54 Å². The van der Waals surface area contributed by atoms with E-state index in [1.54, 1.807) is 0 Å². The van der Waals surface area contributed by atoms with Crippen LogP contribution in [0.5, 0.6) is 0 Å². The van der Waals surface area contributed by atoms with Crippen molar-refractivity contribution in [3.63, 3.8) is 0 Å². The molecule has 0 N–H and O–H groups in total. The first-order valence-electron chi connectivity index (χ1n) is 7.77. The zero-order valence-corrected chi connectivity index (χ0v) is 13.3. The van der Waals surface area contributed by atoms with Crippen molar-refractivity contribution >= 4 is 11.5 Å². The predicted molar refractivity (Wildman–Crippen MR) is 98.0 cm³/mol. The van der Waals surface area contributed by atoms with Crippen molar-refractivity contribution in [3.8, 4) is 0 Å². The van der Waals surface area contributed by atoms with Gasteiger partial charge in [0, 0.05) is 18.3 Å². The van der Waals surface area contributed by atoms with Crippen LogP contribution in [-0.4, -0.2) is 12.9 Å². The second-order valence-corrected chi connectivity index (χ2v) is 5.39. The third kappa shape index (κ3) is 3.86. The molecule has 0 saturated carbocycles. The van der Waals surface area contributed by atoms with E-state index in [-0.39, 0.29) is 0 Å². The Kier molecular flexibility index (Phi) is 4.85. The maximum Gasteiger partial charge on any atom is 0.135 e. The summed E-state index contributed by atoms with van der Waals surface area (Å²) in [6.07, 6.45) is 0. The number of hydrogen-bond donors (Lipinski definition) is 0. The van der Waals surface area contributed by atoms with Crippen molar-refractivity contribution in [3.05, 3.63) is 102 Å². The summed E-state index contributed by atoms with van der Waals surface area (Å²) >= 11 is 0. The van der Waals surface area contributed by atoms with Crippen molar-refractivity contribution in [2.24, 2.45) is 4.99 Å². The van der Waals surface area contributed by atoms with Crippen LogP contribution in [0.3, 0.4) is 0 Å². The standard InChI is InChI=1S/C21H20N2/c1-23(20-15-9-4-10-16-20)21(19-13-7-3-8-14-19)22-17-18-11-5-2-6-12-18/h2-16H,17H2,1H3. The van der Waals surface area contributed by atoms with Crippen LogP contribution in [0.2, 0.25) is 0 Å². The molecule has 0 heterocycles. The van der Waals surface area contributed by atoms with E-state index in [0.717, 1.165) is 17.1 Å². The number of para-hydroxylation sites is 1. The van der Waals surface area contributed by atoms with E-state index in [1.807, 2.05) is 54.6 Å². The third-order valence-electron chi connectivity index (χ3n) is 3.75. The molecule has 0 aromatic heterocycles. The van der Waals surface area contributed by atoms with Gasteiger partial charge >= 0.3 is 0 Å². The molecule has 3 aromatic rings. The van der Waals surface area contributed by atoms with E-state index < -0.39 is 0 Å². The first-order chi connectivity index (χ1) is 11.3. The topological polar surface area (TPSA) is 15.6 Å². The number of benzene rings is 3. The quantitative estimate of drug-likeness (QED) is 0.500. The molecule has 2 heteroatoms. The highest BCUT2D eigenvalue weighted by Crippen LogP contribution is 2.16. The molecular weight excluding hydrogens is 280 g/mol. The lowest BCUT2D eigenvalue weighted by Gasteiger charge is -2.22. The number of nitrogens with zero attached hydrogens (tertiary/aromatic N) is 2. The molecule has 0 bridgehead atoms. The zero-order valence-electron chi connectivity index (χ0n) is 13.3. The number of hydrogen-bond acceptors (Lipinski definition) is 1. The van der Waals surface area contributed by atoms with Crippen LogP contribution in [0.4, 0.5) is 5.69 Å². The molecule has 0 atom stereocenters. The molecule has 23 heavy (non-hydrogen) atoms. The lowest BCUT2D eigenvalue weighted by atomic mass is 10.1. The van der Waals surface area contributed by atoms with Crippen molar-refractivity contribution in [2.75, 3.05) is 11.9 Å². The summed E-state index contributed by atoms with van der Waals surface area (Å²) in [5, 5.41) is 0. The number of amidine groups is 1. The van der Waals surface area contributed by atoms with Crippen LogP contribution in [0.15, 0.2) is 96.0 Å². The van der Waals surface area contributed by atoms with Gasteiger partial charge in [0.1, 0.15) is 5.84 Å². The second-order valence-electron chi connectivity index (χ2n) is 5.39. The average molecular weight is 300 g/mol. The predicted octanol–water partition coefficient (Wildman–Crippen LogP) is 4.77. The van der Waals surface area contributed by atoms with Crippen molar-refractivity contribution in [2.45, 2.75) is 6.54 Å². The van der Waals surface area contributed by atoms with Gasteiger partial charge < -0.3 is 4.90 Å². The van der Waals surface area contributed by atoms with Crippen LogP contribution >= 0.6 is 0 Å². The lowest BCUT2D eigenvalue weighted by molar-refractivity contribution is 1.05. The third-order valence-corrected chi connectivity index (χ3v) is 3.75.